The summed E-state index contributed by atoms with van der Waals surface area (Å²) in [5, 5.41) is 10.4. The summed E-state index contributed by atoms with van der Waals surface area (Å²) in [6.45, 7) is 8.96. The van der Waals surface area contributed by atoms with Gasteiger partial charge in [-0.3, -0.25) is 0 Å². The highest BCUT2D eigenvalue weighted by Crippen LogP contribution is 2.32. The van der Waals surface area contributed by atoms with Crippen LogP contribution in [0.3, 0.4) is 0 Å². The van der Waals surface area contributed by atoms with E-state index in [0.717, 1.165) is 17.7 Å². The molecular weight excluding hydrogens is 240 g/mol. The molecule has 3 nitrogen and oxygen atoms in total. The molecule has 0 saturated heterocycles. The summed E-state index contributed by atoms with van der Waals surface area (Å²) in [4.78, 5) is 0. The van der Waals surface area contributed by atoms with Gasteiger partial charge in [-0.25, -0.2) is 0 Å². The summed E-state index contributed by atoms with van der Waals surface area (Å²) >= 11 is 0. The van der Waals surface area contributed by atoms with Crippen LogP contribution in [0.5, 0.6) is 5.75 Å². The fourth-order valence-electron chi connectivity index (χ4n) is 2.11. The van der Waals surface area contributed by atoms with Crippen LogP contribution in [0.4, 0.5) is 0 Å². The lowest BCUT2D eigenvalue weighted by Gasteiger charge is -2.33. The Balaban J connectivity index is 2.79. The Morgan fingerprint density at radius 1 is 1.16 bits per heavy atom. The largest absolute Gasteiger partial charge is 0.494 e. The normalized spacial score (nSPS) is 15.1. The van der Waals surface area contributed by atoms with Gasteiger partial charge in [-0.2, -0.15) is 0 Å². The third kappa shape index (κ3) is 4.51. The number of ether oxygens (including phenoxy) is 2. The standard InChI is InChI=1S/C16H26O3/c1-6-11-19-13-9-7-12(8-10-13)14(17)15(18-5)16(2,3)4/h7-10,14-15,17H,6,11H2,1-5H3. The SMILES string of the molecule is CCCOc1ccc(C(O)C(OC)C(C)(C)C)cc1. The van der Waals surface area contributed by atoms with Crippen LogP contribution in [0, 0.1) is 5.41 Å². The number of hydrogen-bond donors (Lipinski definition) is 1. The first kappa shape index (κ1) is 16.0. The zero-order valence-corrected chi connectivity index (χ0v) is 12.6. The van der Waals surface area contributed by atoms with Crippen LogP contribution in [0.1, 0.15) is 45.8 Å². The highest BCUT2D eigenvalue weighted by Gasteiger charge is 2.32. The van der Waals surface area contributed by atoms with Gasteiger partial charge in [0.25, 0.3) is 0 Å². The van der Waals surface area contributed by atoms with Crippen LogP contribution < -0.4 is 4.74 Å². The molecule has 0 aromatic heterocycles. The fourth-order valence-corrected chi connectivity index (χ4v) is 2.11. The molecule has 0 bridgehead atoms. The molecule has 0 fully saturated rings. The predicted molar refractivity (Wildman–Crippen MR) is 77.4 cm³/mol. The number of aliphatic hydroxyl groups excluding tert-OH is 1. The maximum atomic E-state index is 10.4. The van der Waals surface area contributed by atoms with Gasteiger partial charge >= 0.3 is 0 Å². The molecular formula is C16H26O3. The minimum absolute atomic E-state index is 0.119. The fraction of sp³-hybridized carbons (Fsp3) is 0.625. The number of hydrogen-bond acceptors (Lipinski definition) is 3. The van der Waals surface area contributed by atoms with E-state index in [2.05, 4.69) is 27.7 Å². The van der Waals surface area contributed by atoms with Crippen LogP contribution >= 0.6 is 0 Å². The molecule has 0 aliphatic heterocycles. The molecule has 3 heteroatoms. The molecule has 2 atom stereocenters. The molecule has 0 saturated carbocycles. The highest BCUT2D eigenvalue weighted by molar-refractivity contribution is 5.29. The Bertz CT molecular complexity index is 365. The van der Waals surface area contributed by atoms with Crippen LogP contribution in [0.15, 0.2) is 24.3 Å². The highest BCUT2D eigenvalue weighted by atomic mass is 16.5. The molecule has 19 heavy (non-hydrogen) atoms. The Morgan fingerprint density at radius 2 is 1.74 bits per heavy atom. The number of rotatable bonds is 6. The van der Waals surface area contributed by atoms with Crippen molar-refractivity contribution in [2.75, 3.05) is 13.7 Å². The van der Waals surface area contributed by atoms with Crippen molar-refractivity contribution in [2.24, 2.45) is 5.41 Å². The molecule has 0 heterocycles. The summed E-state index contributed by atoms with van der Waals surface area (Å²) in [7, 11) is 1.64. The van der Waals surface area contributed by atoms with Gasteiger partial charge in [-0.15, -0.1) is 0 Å². The first-order valence-corrected chi connectivity index (χ1v) is 6.83. The van der Waals surface area contributed by atoms with Crippen molar-refractivity contribution in [2.45, 2.75) is 46.3 Å². The lowest BCUT2D eigenvalue weighted by molar-refractivity contribution is -0.0724. The maximum Gasteiger partial charge on any atom is 0.119 e. The monoisotopic (exact) mass is 266 g/mol. The summed E-state index contributed by atoms with van der Waals surface area (Å²) in [5.41, 5.74) is 0.733. The Hall–Kier alpha value is -1.06. The van der Waals surface area contributed by atoms with Gasteiger partial charge in [0.15, 0.2) is 0 Å². The Morgan fingerprint density at radius 3 is 2.16 bits per heavy atom. The zero-order chi connectivity index (χ0) is 14.5. The molecule has 0 aliphatic carbocycles. The lowest BCUT2D eigenvalue weighted by Crippen LogP contribution is -2.34. The minimum atomic E-state index is -0.634. The van der Waals surface area contributed by atoms with Gasteiger partial charge in [-0.05, 0) is 29.5 Å². The molecule has 1 aromatic carbocycles. The summed E-state index contributed by atoms with van der Waals surface area (Å²) in [6, 6.07) is 7.58. The predicted octanol–water partition coefficient (Wildman–Crippen LogP) is 3.57. The lowest BCUT2D eigenvalue weighted by atomic mass is 9.83. The van der Waals surface area contributed by atoms with Crippen molar-refractivity contribution < 1.29 is 14.6 Å². The minimum Gasteiger partial charge on any atom is -0.494 e. The topological polar surface area (TPSA) is 38.7 Å². The average Bonchev–Trinajstić information content (AvgIpc) is 2.36. The smallest absolute Gasteiger partial charge is 0.119 e. The van der Waals surface area contributed by atoms with Crippen molar-refractivity contribution in [1.82, 2.24) is 0 Å². The van der Waals surface area contributed by atoms with E-state index < -0.39 is 6.10 Å². The van der Waals surface area contributed by atoms with Gasteiger partial charge < -0.3 is 14.6 Å². The Labute approximate surface area is 116 Å². The second-order valence-corrected chi connectivity index (χ2v) is 5.88. The molecule has 0 spiro atoms. The number of benzene rings is 1. The first-order chi connectivity index (χ1) is 8.90. The first-order valence-electron chi connectivity index (χ1n) is 6.83. The van der Waals surface area contributed by atoms with E-state index in [0.29, 0.717) is 6.61 Å². The van der Waals surface area contributed by atoms with E-state index >= 15 is 0 Å². The van der Waals surface area contributed by atoms with E-state index in [-0.39, 0.29) is 11.5 Å². The molecule has 108 valence electrons. The second kappa shape index (κ2) is 6.92. The van der Waals surface area contributed by atoms with Crippen molar-refractivity contribution >= 4 is 0 Å². The van der Waals surface area contributed by atoms with Crippen molar-refractivity contribution in [3.05, 3.63) is 29.8 Å². The second-order valence-electron chi connectivity index (χ2n) is 5.88. The number of aliphatic hydroxyl groups is 1. The zero-order valence-electron chi connectivity index (χ0n) is 12.6. The van der Waals surface area contributed by atoms with Gasteiger partial charge in [-0.1, -0.05) is 39.8 Å². The molecule has 0 radical (unpaired) electrons. The van der Waals surface area contributed by atoms with Crippen molar-refractivity contribution in [3.63, 3.8) is 0 Å². The van der Waals surface area contributed by atoms with Gasteiger partial charge in [0, 0.05) is 7.11 Å². The van der Waals surface area contributed by atoms with Gasteiger partial charge in [0.05, 0.1) is 12.7 Å². The maximum absolute atomic E-state index is 10.4. The molecule has 2 unspecified atom stereocenters. The molecule has 1 aromatic rings. The van der Waals surface area contributed by atoms with E-state index in [1.165, 1.54) is 0 Å². The molecule has 1 N–H and O–H groups in total. The third-order valence-electron chi connectivity index (χ3n) is 3.09. The van der Waals surface area contributed by atoms with E-state index in [4.69, 9.17) is 9.47 Å². The van der Waals surface area contributed by atoms with Gasteiger partial charge in [0.2, 0.25) is 0 Å². The van der Waals surface area contributed by atoms with Crippen LogP contribution in [0.2, 0.25) is 0 Å². The molecule has 1 rings (SSSR count). The summed E-state index contributed by atoms with van der Waals surface area (Å²) in [6.07, 6.45) is 0.111. The van der Waals surface area contributed by atoms with Crippen LogP contribution in [0.25, 0.3) is 0 Å². The Kier molecular flexibility index (Phi) is 5.83. The van der Waals surface area contributed by atoms with Crippen LogP contribution in [-0.2, 0) is 4.74 Å². The van der Waals surface area contributed by atoms with Crippen LogP contribution in [-0.4, -0.2) is 24.9 Å². The number of methoxy groups -OCH3 is 1. The molecule has 0 amide bonds. The summed E-state index contributed by atoms with van der Waals surface area (Å²) < 4.78 is 11.0. The third-order valence-corrected chi connectivity index (χ3v) is 3.09. The molecule has 0 aliphatic rings. The van der Waals surface area contributed by atoms with E-state index in [1.807, 2.05) is 24.3 Å². The summed E-state index contributed by atoms with van der Waals surface area (Å²) in [5.74, 6) is 0.836. The van der Waals surface area contributed by atoms with Crippen molar-refractivity contribution in [1.29, 1.82) is 0 Å². The van der Waals surface area contributed by atoms with Gasteiger partial charge in [0.1, 0.15) is 11.9 Å². The quantitative estimate of drug-likeness (QED) is 0.855. The average molecular weight is 266 g/mol. The van der Waals surface area contributed by atoms with E-state index in [9.17, 15) is 5.11 Å². The van der Waals surface area contributed by atoms with E-state index in [1.54, 1.807) is 7.11 Å². The van der Waals surface area contributed by atoms with Crippen molar-refractivity contribution in [3.8, 4) is 5.75 Å².